The van der Waals surface area contributed by atoms with E-state index in [1.165, 1.54) is 12.5 Å². The number of nitrogens with zero attached hydrogens (tertiary/aromatic N) is 2. The third-order valence-electron chi connectivity index (χ3n) is 5.37. The molecular weight excluding hydrogens is 318 g/mol. The Labute approximate surface area is 148 Å². The fourth-order valence-electron chi connectivity index (χ4n) is 3.26. The molecule has 1 aliphatic carbocycles. The molecular formula is C19H25N3O3. The highest BCUT2D eigenvalue weighted by Crippen LogP contribution is 2.48. The van der Waals surface area contributed by atoms with Crippen molar-refractivity contribution in [1.29, 1.82) is 0 Å². The van der Waals surface area contributed by atoms with Crippen LogP contribution in [0.15, 0.2) is 18.2 Å². The van der Waals surface area contributed by atoms with Crippen LogP contribution in [0.5, 0.6) is 0 Å². The van der Waals surface area contributed by atoms with Crippen molar-refractivity contribution in [3.05, 3.63) is 29.3 Å². The normalized spacial score (nSPS) is 18.7. The summed E-state index contributed by atoms with van der Waals surface area (Å²) in [5, 5.41) is 2.91. The number of carbonyl (C=O) groups excluding carboxylic acids is 3. The average molecular weight is 343 g/mol. The first-order chi connectivity index (χ1) is 11.8. The highest BCUT2D eigenvalue weighted by atomic mass is 16.2. The molecule has 0 bridgehead atoms. The third kappa shape index (κ3) is 3.38. The molecule has 1 saturated heterocycles. The van der Waals surface area contributed by atoms with Crippen molar-refractivity contribution in [3.63, 3.8) is 0 Å². The van der Waals surface area contributed by atoms with Gasteiger partial charge in [0.15, 0.2) is 0 Å². The Morgan fingerprint density at radius 2 is 1.56 bits per heavy atom. The molecule has 25 heavy (non-hydrogen) atoms. The second kappa shape index (κ2) is 6.50. The summed E-state index contributed by atoms with van der Waals surface area (Å²) in [6.07, 6.45) is 1.19. The van der Waals surface area contributed by atoms with Crippen molar-refractivity contribution < 1.29 is 14.4 Å². The van der Waals surface area contributed by atoms with E-state index in [1.807, 2.05) is 32.0 Å². The summed E-state index contributed by atoms with van der Waals surface area (Å²) in [4.78, 5) is 40.5. The lowest BCUT2D eigenvalue weighted by Gasteiger charge is -2.35. The third-order valence-corrected chi connectivity index (χ3v) is 5.37. The van der Waals surface area contributed by atoms with E-state index in [-0.39, 0.29) is 17.7 Å². The van der Waals surface area contributed by atoms with Crippen LogP contribution >= 0.6 is 0 Å². The van der Waals surface area contributed by atoms with Gasteiger partial charge in [-0.2, -0.15) is 0 Å². The van der Waals surface area contributed by atoms with Gasteiger partial charge in [0, 0.05) is 38.8 Å². The van der Waals surface area contributed by atoms with Crippen LogP contribution in [0.2, 0.25) is 0 Å². The summed E-state index contributed by atoms with van der Waals surface area (Å²) in [5.41, 5.74) is 2.08. The first kappa shape index (κ1) is 17.5. The fraction of sp³-hybridized carbons (Fsp3) is 0.526. The van der Waals surface area contributed by atoms with Gasteiger partial charge in [-0.25, -0.2) is 0 Å². The number of aryl methyl sites for hydroxylation is 2. The summed E-state index contributed by atoms with van der Waals surface area (Å²) >= 11 is 0. The molecule has 1 heterocycles. The Kier molecular flexibility index (Phi) is 4.54. The second-order valence-corrected chi connectivity index (χ2v) is 7.13. The first-order valence-corrected chi connectivity index (χ1v) is 8.77. The number of hydrogen-bond donors (Lipinski definition) is 1. The number of anilines is 1. The Morgan fingerprint density at radius 3 is 2.08 bits per heavy atom. The van der Waals surface area contributed by atoms with Gasteiger partial charge in [0.25, 0.3) is 0 Å². The number of piperazine rings is 1. The molecule has 1 aromatic rings. The van der Waals surface area contributed by atoms with Gasteiger partial charge >= 0.3 is 0 Å². The van der Waals surface area contributed by atoms with Gasteiger partial charge in [0.2, 0.25) is 17.7 Å². The van der Waals surface area contributed by atoms with Crippen molar-refractivity contribution in [2.45, 2.75) is 33.6 Å². The Morgan fingerprint density at radius 1 is 0.960 bits per heavy atom. The number of nitrogens with one attached hydrogen (secondary N) is 1. The van der Waals surface area contributed by atoms with Gasteiger partial charge < -0.3 is 15.1 Å². The van der Waals surface area contributed by atoms with Gasteiger partial charge in [-0.3, -0.25) is 14.4 Å². The van der Waals surface area contributed by atoms with Gasteiger partial charge in [-0.15, -0.1) is 0 Å². The van der Waals surface area contributed by atoms with Gasteiger partial charge in [-0.05, 0) is 49.9 Å². The molecule has 6 nitrogen and oxygen atoms in total. The van der Waals surface area contributed by atoms with Crippen LogP contribution in [0.4, 0.5) is 5.69 Å². The monoisotopic (exact) mass is 343 g/mol. The quantitative estimate of drug-likeness (QED) is 0.850. The number of carbonyl (C=O) groups is 3. The minimum Gasteiger partial charge on any atom is -0.339 e. The van der Waals surface area contributed by atoms with Crippen molar-refractivity contribution in [2.75, 3.05) is 31.5 Å². The molecule has 2 aliphatic rings. The largest absolute Gasteiger partial charge is 0.339 e. The highest BCUT2D eigenvalue weighted by molar-refractivity contribution is 6.13. The molecule has 1 saturated carbocycles. The maximum atomic E-state index is 12.9. The molecule has 0 spiro atoms. The van der Waals surface area contributed by atoms with Crippen molar-refractivity contribution in [1.82, 2.24) is 9.80 Å². The first-order valence-electron chi connectivity index (χ1n) is 8.77. The summed E-state index contributed by atoms with van der Waals surface area (Å²) in [5.74, 6) is -0.285. The molecule has 1 aromatic carbocycles. The van der Waals surface area contributed by atoms with Crippen LogP contribution in [0, 0.1) is 19.3 Å². The fourth-order valence-corrected chi connectivity index (χ4v) is 3.26. The van der Waals surface area contributed by atoms with E-state index in [0.717, 1.165) is 11.3 Å². The Hall–Kier alpha value is -2.37. The van der Waals surface area contributed by atoms with Gasteiger partial charge in [0.05, 0.1) is 0 Å². The van der Waals surface area contributed by atoms with Crippen molar-refractivity contribution in [2.24, 2.45) is 5.41 Å². The van der Waals surface area contributed by atoms with Crippen LogP contribution in [0.1, 0.15) is 30.9 Å². The molecule has 0 aromatic heterocycles. The van der Waals surface area contributed by atoms with E-state index in [4.69, 9.17) is 0 Å². The maximum Gasteiger partial charge on any atom is 0.240 e. The van der Waals surface area contributed by atoms with E-state index in [0.29, 0.717) is 39.0 Å². The molecule has 0 radical (unpaired) electrons. The minimum atomic E-state index is -0.919. The van der Waals surface area contributed by atoms with Gasteiger partial charge in [-0.1, -0.05) is 6.07 Å². The van der Waals surface area contributed by atoms with Crippen LogP contribution in [-0.2, 0) is 14.4 Å². The summed E-state index contributed by atoms with van der Waals surface area (Å²) in [7, 11) is 0. The molecule has 0 atom stereocenters. The average Bonchev–Trinajstić information content (AvgIpc) is 3.39. The molecule has 0 unspecified atom stereocenters. The molecule has 6 heteroatoms. The predicted molar refractivity (Wildman–Crippen MR) is 95.0 cm³/mol. The zero-order chi connectivity index (χ0) is 18.2. The number of rotatable bonds is 3. The maximum absolute atomic E-state index is 12.9. The van der Waals surface area contributed by atoms with Crippen LogP contribution in [0.25, 0.3) is 0 Å². The minimum absolute atomic E-state index is 0.0284. The summed E-state index contributed by atoms with van der Waals surface area (Å²) < 4.78 is 0. The van der Waals surface area contributed by atoms with E-state index in [1.54, 1.807) is 9.80 Å². The Bertz CT molecular complexity index is 717. The number of benzene rings is 1. The molecule has 134 valence electrons. The van der Waals surface area contributed by atoms with E-state index in [9.17, 15) is 14.4 Å². The summed E-state index contributed by atoms with van der Waals surface area (Å²) in [6, 6.07) is 5.76. The van der Waals surface area contributed by atoms with E-state index >= 15 is 0 Å². The molecule has 2 fully saturated rings. The smallest absolute Gasteiger partial charge is 0.240 e. The van der Waals surface area contributed by atoms with Crippen LogP contribution < -0.4 is 5.32 Å². The highest BCUT2D eigenvalue weighted by Gasteiger charge is 2.58. The lowest BCUT2D eigenvalue weighted by molar-refractivity contribution is -0.146. The predicted octanol–water partition coefficient (Wildman–Crippen LogP) is 1.71. The van der Waals surface area contributed by atoms with E-state index in [2.05, 4.69) is 5.32 Å². The molecule has 3 amide bonds. The SMILES string of the molecule is CC(=O)N1CCN(C(=O)C2(C(=O)Nc3ccc(C)c(C)c3)CC2)CC1. The lowest BCUT2D eigenvalue weighted by atomic mass is 10.0. The molecule has 1 N–H and O–H groups in total. The van der Waals surface area contributed by atoms with Crippen molar-refractivity contribution >= 4 is 23.4 Å². The van der Waals surface area contributed by atoms with Crippen LogP contribution in [-0.4, -0.2) is 53.7 Å². The van der Waals surface area contributed by atoms with Gasteiger partial charge in [0.1, 0.15) is 5.41 Å². The topological polar surface area (TPSA) is 69.7 Å². The molecule has 3 rings (SSSR count). The van der Waals surface area contributed by atoms with Crippen LogP contribution in [0.3, 0.4) is 0 Å². The van der Waals surface area contributed by atoms with Crippen molar-refractivity contribution in [3.8, 4) is 0 Å². The second-order valence-electron chi connectivity index (χ2n) is 7.13. The zero-order valence-corrected chi connectivity index (χ0v) is 15.1. The standard InChI is InChI=1S/C19H25N3O3/c1-13-4-5-16(12-14(13)2)20-17(24)19(6-7-19)18(25)22-10-8-21(9-11-22)15(3)23/h4-5,12H,6-11H2,1-3H3,(H,20,24). The summed E-state index contributed by atoms with van der Waals surface area (Å²) in [6.45, 7) is 7.63. The molecule has 1 aliphatic heterocycles. The zero-order valence-electron chi connectivity index (χ0n) is 15.1. The Balaban J connectivity index is 1.65. The number of amides is 3. The lowest BCUT2D eigenvalue weighted by Crippen LogP contribution is -2.53. The van der Waals surface area contributed by atoms with E-state index < -0.39 is 5.41 Å². The number of hydrogen-bond acceptors (Lipinski definition) is 3.